The van der Waals surface area contributed by atoms with Crippen LogP contribution in [0, 0.1) is 5.92 Å². The van der Waals surface area contributed by atoms with Crippen molar-refractivity contribution in [3.8, 4) is 5.75 Å². The summed E-state index contributed by atoms with van der Waals surface area (Å²) in [6.45, 7) is 5.85. The summed E-state index contributed by atoms with van der Waals surface area (Å²) in [6, 6.07) is 11.1. The van der Waals surface area contributed by atoms with Crippen LogP contribution in [0.1, 0.15) is 32.3 Å². The van der Waals surface area contributed by atoms with E-state index in [9.17, 15) is 21.6 Å². The van der Waals surface area contributed by atoms with E-state index in [1.165, 1.54) is 6.07 Å². The third-order valence-corrected chi connectivity index (χ3v) is 9.07. The number of piperidine rings is 1. The van der Waals surface area contributed by atoms with E-state index in [0.717, 1.165) is 23.9 Å². The molecule has 0 amide bonds. The maximum Gasteiger partial charge on any atom is 0.416 e. The number of hydrogen-bond donors (Lipinski definition) is 0. The van der Waals surface area contributed by atoms with E-state index in [4.69, 9.17) is 16.3 Å². The number of alkyl halides is 3. The van der Waals surface area contributed by atoms with Gasteiger partial charge < -0.3 is 4.74 Å². The summed E-state index contributed by atoms with van der Waals surface area (Å²) in [5.41, 5.74) is -0.954. The number of halogens is 4. The average molecular weight is 490 g/mol. The van der Waals surface area contributed by atoms with Crippen LogP contribution in [0.3, 0.4) is 0 Å². The molecule has 0 aromatic heterocycles. The fraction of sp³-hybridized carbons (Fsp3) is 0.478. The van der Waals surface area contributed by atoms with E-state index in [2.05, 4.69) is 4.90 Å². The number of sulfone groups is 1. The highest BCUT2D eigenvalue weighted by atomic mass is 35.5. The molecule has 1 aliphatic rings. The second-order valence-corrected chi connectivity index (χ2v) is 11.5. The van der Waals surface area contributed by atoms with E-state index < -0.39 is 26.3 Å². The summed E-state index contributed by atoms with van der Waals surface area (Å²) in [5, 5.41) is 0.641. The Bertz CT molecular complexity index is 1020. The molecule has 1 fully saturated rings. The normalized spacial score (nSPS) is 16.8. The van der Waals surface area contributed by atoms with Gasteiger partial charge in [0.15, 0.2) is 9.84 Å². The fourth-order valence-corrected chi connectivity index (χ4v) is 5.99. The van der Waals surface area contributed by atoms with E-state index in [0.29, 0.717) is 44.1 Å². The minimum Gasteiger partial charge on any atom is -0.492 e. The number of ether oxygens (including phenoxy) is 1. The highest BCUT2D eigenvalue weighted by molar-refractivity contribution is 7.92. The molecule has 0 atom stereocenters. The van der Waals surface area contributed by atoms with Crippen LogP contribution in [-0.4, -0.2) is 44.3 Å². The van der Waals surface area contributed by atoms with Crippen molar-refractivity contribution in [1.29, 1.82) is 0 Å². The highest BCUT2D eigenvalue weighted by Gasteiger charge is 2.44. The van der Waals surface area contributed by atoms with E-state index in [1.807, 2.05) is 0 Å². The van der Waals surface area contributed by atoms with Gasteiger partial charge in [-0.1, -0.05) is 17.7 Å². The van der Waals surface area contributed by atoms with Crippen LogP contribution < -0.4 is 4.74 Å². The van der Waals surface area contributed by atoms with Crippen LogP contribution >= 0.6 is 11.6 Å². The maximum atomic E-state index is 13.3. The number of nitrogens with zero attached hydrogens (tertiary/aromatic N) is 1. The van der Waals surface area contributed by atoms with Crippen molar-refractivity contribution in [3.05, 3.63) is 59.1 Å². The van der Waals surface area contributed by atoms with Crippen molar-refractivity contribution in [2.24, 2.45) is 5.92 Å². The molecule has 0 radical (unpaired) electrons. The van der Waals surface area contributed by atoms with Gasteiger partial charge >= 0.3 is 6.18 Å². The Morgan fingerprint density at radius 3 is 2.28 bits per heavy atom. The zero-order valence-electron chi connectivity index (χ0n) is 18.0. The Hall–Kier alpha value is -1.77. The zero-order valence-corrected chi connectivity index (χ0v) is 19.6. The SMILES string of the molecule is CC(C)(C1CCN(CCOc2ccc(Cl)cc2)CC1)S(=O)(=O)c1cccc(C(F)(F)F)c1. The second-order valence-electron chi connectivity index (χ2n) is 8.55. The molecule has 0 unspecified atom stereocenters. The van der Waals surface area contributed by atoms with Crippen molar-refractivity contribution in [3.63, 3.8) is 0 Å². The Kier molecular flexibility index (Phi) is 7.47. The van der Waals surface area contributed by atoms with E-state index in [1.54, 1.807) is 38.1 Å². The largest absolute Gasteiger partial charge is 0.492 e. The Morgan fingerprint density at radius 2 is 1.69 bits per heavy atom. The lowest BCUT2D eigenvalue weighted by Gasteiger charge is -2.40. The predicted octanol–water partition coefficient (Wildman–Crippen LogP) is 5.70. The van der Waals surface area contributed by atoms with Crippen LogP contribution in [0.5, 0.6) is 5.75 Å². The van der Waals surface area contributed by atoms with Crippen LogP contribution in [-0.2, 0) is 16.0 Å². The van der Waals surface area contributed by atoms with Gasteiger partial charge in [-0.2, -0.15) is 13.2 Å². The second kappa shape index (κ2) is 9.61. The van der Waals surface area contributed by atoms with Gasteiger partial charge in [-0.3, -0.25) is 4.90 Å². The van der Waals surface area contributed by atoms with E-state index >= 15 is 0 Å². The summed E-state index contributed by atoms with van der Waals surface area (Å²) in [6.07, 6.45) is -3.30. The molecule has 0 bridgehead atoms. The summed E-state index contributed by atoms with van der Waals surface area (Å²) >= 11 is 5.86. The summed E-state index contributed by atoms with van der Waals surface area (Å²) in [5.74, 6) is 0.577. The molecule has 1 saturated heterocycles. The molecule has 1 aliphatic heterocycles. The molecule has 0 spiro atoms. The number of benzene rings is 2. The molecule has 32 heavy (non-hydrogen) atoms. The minimum atomic E-state index is -4.59. The molecule has 2 aromatic rings. The van der Waals surface area contributed by atoms with Crippen LogP contribution in [0.15, 0.2) is 53.4 Å². The highest BCUT2D eigenvalue weighted by Crippen LogP contribution is 2.39. The molecule has 2 aromatic carbocycles. The van der Waals surface area contributed by atoms with Gasteiger partial charge in [-0.05, 0) is 88.2 Å². The average Bonchev–Trinajstić information content (AvgIpc) is 2.75. The fourth-order valence-electron chi connectivity index (χ4n) is 4.04. The molecule has 4 nitrogen and oxygen atoms in total. The van der Waals surface area contributed by atoms with E-state index in [-0.39, 0.29) is 10.8 Å². The minimum absolute atomic E-state index is 0.157. The number of likely N-dealkylation sites (tertiary alicyclic amines) is 1. The summed E-state index contributed by atoms with van der Waals surface area (Å²) in [4.78, 5) is 1.93. The Labute approximate surface area is 192 Å². The maximum absolute atomic E-state index is 13.3. The molecule has 0 saturated carbocycles. The third kappa shape index (κ3) is 5.58. The van der Waals surface area contributed by atoms with Crippen molar-refractivity contribution >= 4 is 21.4 Å². The Morgan fingerprint density at radius 1 is 1.06 bits per heavy atom. The lowest BCUT2D eigenvalue weighted by molar-refractivity contribution is -0.137. The molecular formula is C23H27ClF3NO3S. The van der Waals surface area contributed by atoms with Gasteiger partial charge in [0.25, 0.3) is 0 Å². The first-order chi connectivity index (χ1) is 14.9. The first-order valence-corrected chi connectivity index (χ1v) is 12.3. The van der Waals surface area contributed by atoms with Crippen molar-refractivity contribution in [1.82, 2.24) is 4.90 Å². The first kappa shape index (κ1) is 24.9. The molecule has 1 heterocycles. The van der Waals surface area contributed by atoms with Crippen molar-refractivity contribution < 1.29 is 26.3 Å². The zero-order chi connectivity index (χ0) is 23.6. The molecular weight excluding hydrogens is 463 g/mol. The molecule has 0 N–H and O–H groups in total. The van der Waals surface area contributed by atoms with Crippen molar-refractivity contribution in [2.75, 3.05) is 26.2 Å². The number of hydrogen-bond acceptors (Lipinski definition) is 4. The third-order valence-electron chi connectivity index (χ3n) is 6.22. The standard InChI is InChI=1S/C23H27ClF3NO3S/c1-22(2,32(29,30)21-5-3-4-18(16-21)23(25,26)27)17-10-12-28(13-11-17)14-15-31-20-8-6-19(24)7-9-20/h3-9,16-17H,10-15H2,1-2H3. The number of rotatable bonds is 7. The van der Waals surface area contributed by atoms with Gasteiger partial charge in [0, 0.05) is 11.6 Å². The summed E-state index contributed by atoms with van der Waals surface area (Å²) in [7, 11) is -3.95. The monoisotopic (exact) mass is 489 g/mol. The van der Waals surface area contributed by atoms with Gasteiger partial charge in [0.05, 0.1) is 15.2 Å². The van der Waals surface area contributed by atoms with Crippen LogP contribution in [0.4, 0.5) is 13.2 Å². The van der Waals surface area contributed by atoms with Gasteiger partial charge in [-0.25, -0.2) is 8.42 Å². The molecule has 9 heteroatoms. The first-order valence-electron chi connectivity index (χ1n) is 10.4. The predicted molar refractivity (Wildman–Crippen MR) is 119 cm³/mol. The molecule has 0 aliphatic carbocycles. The Balaban J connectivity index is 1.59. The van der Waals surface area contributed by atoms with Gasteiger partial charge in [-0.15, -0.1) is 0 Å². The molecule has 176 valence electrons. The molecule has 3 rings (SSSR count). The topological polar surface area (TPSA) is 46.6 Å². The van der Waals surface area contributed by atoms with Crippen LogP contribution in [0.2, 0.25) is 5.02 Å². The van der Waals surface area contributed by atoms with Crippen LogP contribution in [0.25, 0.3) is 0 Å². The summed E-state index contributed by atoms with van der Waals surface area (Å²) < 4.78 is 70.2. The van der Waals surface area contributed by atoms with Gasteiger partial charge in [0.1, 0.15) is 12.4 Å². The lowest BCUT2D eigenvalue weighted by atomic mass is 9.86. The van der Waals surface area contributed by atoms with Crippen molar-refractivity contribution in [2.45, 2.75) is 42.5 Å². The smallest absolute Gasteiger partial charge is 0.416 e. The van der Waals surface area contributed by atoms with Gasteiger partial charge in [0.2, 0.25) is 0 Å². The lowest BCUT2D eigenvalue weighted by Crippen LogP contribution is -2.47. The quantitative estimate of drug-likeness (QED) is 0.500.